The zero-order valence-corrected chi connectivity index (χ0v) is 21.6. The van der Waals surface area contributed by atoms with Gasteiger partial charge in [0.25, 0.3) is 5.56 Å². The fraction of sp³-hybridized carbons (Fsp3) is 0.143. The van der Waals surface area contributed by atoms with Gasteiger partial charge in [-0.15, -0.1) is 11.3 Å². The van der Waals surface area contributed by atoms with E-state index in [1.807, 2.05) is 34.9 Å². The van der Waals surface area contributed by atoms with Crippen molar-refractivity contribution in [1.29, 1.82) is 0 Å². The minimum absolute atomic E-state index is 0.0732. The second kappa shape index (κ2) is 9.17. The number of nitrogens with zero attached hydrogens (tertiary/aromatic N) is 2. The average molecular weight is 546 g/mol. The van der Waals surface area contributed by atoms with Crippen molar-refractivity contribution in [1.82, 2.24) is 9.55 Å². The number of thiophene rings is 1. The first kappa shape index (κ1) is 21.8. The Kier molecular flexibility index (Phi) is 5.89. The molecule has 6 rings (SSSR count). The number of aromatic nitrogens is 2. The molecular weight excluding hydrogens is 524 g/mol. The third-order valence-corrected chi connectivity index (χ3v) is 8.98. The maximum atomic E-state index is 14.0. The monoisotopic (exact) mass is 544 g/mol. The number of aryl methyl sites for hydroxylation is 2. The van der Waals surface area contributed by atoms with Crippen LogP contribution >= 0.6 is 39.0 Å². The molecule has 0 atom stereocenters. The normalized spacial score (nSPS) is 12.5. The first-order valence-electron chi connectivity index (χ1n) is 11.2. The van der Waals surface area contributed by atoms with Crippen LogP contribution in [0.3, 0.4) is 0 Å². The average Bonchev–Trinajstić information content (AvgIpc) is 3.25. The van der Waals surface area contributed by atoms with Gasteiger partial charge >= 0.3 is 0 Å². The molecule has 1 aliphatic carbocycles. The van der Waals surface area contributed by atoms with Crippen LogP contribution in [0.4, 0.5) is 0 Å². The zero-order chi connectivity index (χ0) is 23.1. The fourth-order valence-electron chi connectivity index (χ4n) is 4.54. The molecule has 0 fully saturated rings. The van der Waals surface area contributed by atoms with Gasteiger partial charge in [-0.2, -0.15) is 0 Å². The van der Waals surface area contributed by atoms with E-state index in [0.29, 0.717) is 6.54 Å². The zero-order valence-electron chi connectivity index (χ0n) is 18.3. The summed E-state index contributed by atoms with van der Waals surface area (Å²) in [6, 6.07) is 27.0. The van der Waals surface area contributed by atoms with E-state index in [1.165, 1.54) is 27.1 Å². The second-order valence-corrected chi connectivity index (χ2v) is 11.3. The van der Waals surface area contributed by atoms with Crippen LogP contribution in [0.1, 0.15) is 22.3 Å². The smallest absolute Gasteiger partial charge is 0.263 e. The maximum absolute atomic E-state index is 14.0. The van der Waals surface area contributed by atoms with Gasteiger partial charge in [-0.3, -0.25) is 9.36 Å². The summed E-state index contributed by atoms with van der Waals surface area (Å²) in [4.78, 5) is 21.1. The number of hydrogen-bond acceptors (Lipinski definition) is 4. The van der Waals surface area contributed by atoms with E-state index in [9.17, 15) is 4.79 Å². The van der Waals surface area contributed by atoms with Crippen LogP contribution in [-0.4, -0.2) is 9.55 Å². The fourth-order valence-corrected chi connectivity index (χ4v) is 7.08. The van der Waals surface area contributed by atoms with Crippen molar-refractivity contribution in [3.8, 4) is 10.4 Å². The van der Waals surface area contributed by atoms with Gasteiger partial charge in [-0.25, -0.2) is 4.98 Å². The highest BCUT2D eigenvalue weighted by Crippen LogP contribution is 2.42. The van der Waals surface area contributed by atoms with E-state index >= 15 is 0 Å². The highest BCUT2D eigenvalue weighted by Gasteiger charge is 2.25. The number of fused-ring (bicyclic) bond motifs is 5. The standard InChI is InChI=1S/C28H21BrN2OS2/c29-21-13-10-19(11-14-21)17-33-28-30-26-24(27(32)31(28)16-18-6-2-1-3-7-18)23-15-12-20-8-4-5-9-22(20)25(23)34-26/h1-11,13-14H,12,15-17H2. The Bertz CT molecular complexity index is 1560. The molecule has 2 heterocycles. The van der Waals surface area contributed by atoms with E-state index in [-0.39, 0.29) is 5.56 Å². The number of benzene rings is 3. The Morgan fingerprint density at radius 1 is 0.912 bits per heavy atom. The van der Waals surface area contributed by atoms with Crippen molar-refractivity contribution in [2.75, 3.05) is 0 Å². The minimum Gasteiger partial charge on any atom is -0.283 e. The van der Waals surface area contributed by atoms with Gasteiger partial charge in [0.15, 0.2) is 5.16 Å². The van der Waals surface area contributed by atoms with Gasteiger partial charge < -0.3 is 0 Å². The van der Waals surface area contributed by atoms with Crippen molar-refractivity contribution < 1.29 is 0 Å². The molecule has 168 valence electrons. The van der Waals surface area contributed by atoms with Crippen LogP contribution in [0.15, 0.2) is 93.3 Å². The van der Waals surface area contributed by atoms with Crippen LogP contribution in [0.5, 0.6) is 0 Å². The van der Waals surface area contributed by atoms with Crippen molar-refractivity contribution >= 4 is 49.2 Å². The van der Waals surface area contributed by atoms with Gasteiger partial charge in [-0.05, 0) is 52.8 Å². The van der Waals surface area contributed by atoms with E-state index in [0.717, 1.165) is 44.0 Å². The predicted molar refractivity (Wildman–Crippen MR) is 146 cm³/mol. The van der Waals surface area contributed by atoms with E-state index in [2.05, 4.69) is 64.5 Å². The Labute approximate surface area is 214 Å². The van der Waals surface area contributed by atoms with Crippen molar-refractivity contribution in [2.24, 2.45) is 0 Å². The van der Waals surface area contributed by atoms with Crippen LogP contribution in [0, 0.1) is 0 Å². The summed E-state index contributed by atoms with van der Waals surface area (Å²) in [5.74, 6) is 0.758. The lowest BCUT2D eigenvalue weighted by Gasteiger charge is -2.16. The summed E-state index contributed by atoms with van der Waals surface area (Å²) >= 11 is 6.80. The first-order valence-corrected chi connectivity index (χ1v) is 13.8. The number of hydrogen-bond donors (Lipinski definition) is 0. The lowest BCUT2D eigenvalue weighted by Crippen LogP contribution is -2.24. The molecule has 0 saturated heterocycles. The molecule has 0 saturated carbocycles. The van der Waals surface area contributed by atoms with Crippen molar-refractivity contribution in [2.45, 2.75) is 30.3 Å². The predicted octanol–water partition coefficient (Wildman–Crippen LogP) is 7.33. The Hall–Kier alpha value is -2.67. The van der Waals surface area contributed by atoms with Gasteiger partial charge in [0, 0.05) is 15.1 Å². The Morgan fingerprint density at radius 2 is 1.68 bits per heavy atom. The molecule has 34 heavy (non-hydrogen) atoms. The molecule has 0 N–H and O–H groups in total. The molecule has 0 unspecified atom stereocenters. The highest BCUT2D eigenvalue weighted by molar-refractivity contribution is 9.10. The van der Waals surface area contributed by atoms with Crippen LogP contribution in [-0.2, 0) is 25.1 Å². The lowest BCUT2D eigenvalue weighted by molar-refractivity contribution is 0.658. The van der Waals surface area contributed by atoms with E-state index < -0.39 is 0 Å². The topological polar surface area (TPSA) is 34.9 Å². The lowest BCUT2D eigenvalue weighted by atomic mass is 9.90. The quantitative estimate of drug-likeness (QED) is 0.171. The molecular formula is C28H21BrN2OS2. The van der Waals surface area contributed by atoms with Crippen molar-refractivity contribution in [3.63, 3.8) is 0 Å². The van der Waals surface area contributed by atoms with Crippen molar-refractivity contribution in [3.05, 3.63) is 116 Å². The molecule has 3 aromatic carbocycles. The van der Waals surface area contributed by atoms with Gasteiger partial charge in [0.05, 0.1) is 11.9 Å². The summed E-state index contributed by atoms with van der Waals surface area (Å²) in [5, 5.41) is 1.58. The third kappa shape index (κ3) is 4.04. The summed E-state index contributed by atoms with van der Waals surface area (Å²) in [6.45, 7) is 0.520. The van der Waals surface area contributed by atoms with E-state index in [4.69, 9.17) is 4.98 Å². The third-order valence-electron chi connectivity index (χ3n) is 6.25. The summed E-state index contributed by atoms with van der Waals surface area (Å²) in [7, 11) is 0. The van der Waals surface area contributed by atoms with Gasteiger partial charge in [-0.1, -0.05) is 94.4 Å². The molecule has 1 aliphatic rings. The molecule has 0 spiro atoms. The van der Waals surface area contributed by atoms with Crippen LogP contribution < -0.4 is 5.56 Å². The summed E-state index contributed by atoms with van der Waals surface area (Å²) in [5.41, 5.74) is 6.16. The highest BCUT2D eigenvalue weighted by atomic mass is 79.9. The molecule has 6 heteroatoms. The summed E-state index contributed by atoms with van der Waals surface area (Å²) in [6.07, 6.45) is 1.85. The van der Waals surface area contributed by atoms with Crippen LogP contribution in [0.2, 0.25) is 0 Å². The second-order valence-electron chi connectivity index (χ2n) is 8.43. The van der Waals surface area contributed by atoms with E-state index in [1.54, 1.807) is 23.1 Å². The van der Waals surface area contributed by atoms with Gasteiger partial charge in [0.1, 0.15) is 4.83 Å². The van der Waals surface area contributed by atoms with Crippen LogP contribution in [0.25, 0.3) is 20.7 Å². The summed E-state index contributed by atoms with van der Waals surface area (Å²) < 4.78 is 2.93. The molecule has 0 aliphatic heterocycles. The Morgan fingerprint density at radius 3 is 2.50 bits per heavy atom. The minimum atomic E-state index is 0.0732. The Balaban J connectivity index is 1.48. The molecule has 3 nitrogen and oxygen atoms in total. The SMILES string of the molecule is O=c1c2c3c(sc2nc(SCc2ccc(Br)cc2)n1Cc1ccccc1)-c1ccccc1CC3. The number of halogens is 1. The number of thioether (sulfide) groups is 1. The molecule has 0 radical (unpaired) electrons. The van der Waals surface area contributed by atoms with Gasteiger partial charge in [0.2, 0.25) is 0 Å². The largest absolute Gasteiger partial charge is 0.283 e. The molecule has 0 amide bonds. The maximum Gasteiger partial charge on any atom is 0.263 e. The first-order chi connectivity index (χ1) is 16.7. The molecule has 0 bridgehead atoms. The molecule has 5 aromatic rings. The molecule has 2 aromatic heterocycles. The number of rotatable bonds is 5.